The Balaban J connectivity index is 1.52. The van der Waals surface area contributed by atoms with Gasteiger partial charge in [0.2, 0.25) is 0 Å². The molecule has 4 aliphatic rings. The molecule has 0 spiro atoms. The van der Waals surface area contributed by atoms with Gasteiger partial charge >= 0.3 is 0 Å². The van der Waals surface area contributed by atoms with E-state index < -0.39 is 0 Å². The highest BCUT2D eigenvalue weighted by atomic mass is 79.9. The van der Waals surface area contributed by atoms with Crippen LogP contribution in [0.2, 0.25) is 0 Å². The van der Waals surface area contributed by atoms with Crippen LogP contribution < -0.4 is 0 Å². The normalized spacial score (nSPS) is 40.0. The Morgan fingerprint density at radius 3 is 2.00 bits per heavy atom. The minimum Gasteiger partial charge on any atom is -0.207 e. The Kier molecular flexibility index (Phi) is 3.21. The molecular formula is C18H22BrF. The fourth-order valence-electron chi connectivity index (χ4n) is 5.71. The molecule has 1 atom stereocenters. The second-order valence-electron chi connectivity index (χ2n) is 7.64. The van der Waals surface area contributed by atoms with Gasteiger partial charge in [0.25, 0.3) is 0 Å². The van der Waals surface area contributed by atoms with Crippen LogP contribution >= 0.6 is 15.9 Å². The molecule has 0 nitrogen and oxygen atoms in total. The molecule has 4 bridgehead atoms. The molecule has 0 N–H and O–H groups in total. The van der Waals surface area contributed by atoms with E-state index in [9.17, 15) is 4.39 Å². The van der Waals surface area contributed by atoms with Gasteiger partial charge in [-0.3, -0.25) is 0 Å². The molecule has 1 aromatic rings. The summed E-state index contributed by atoms with van der Waals surface area (Å²) in [6, 6.07) is 7.05. The van der Waals surface area contributed by atoms with Gasteiger partial charge in [0.1, 0.15) is 5.82 Å². The largest absolute Gasteiger partial charge is 0.207 e. The molecule has 0 aromatic heterocycles. The molecule has 4 fully saturated rings. The van der Waals surface area contributed by atoms with Gasteiger partial charge in [-0.05, 0) is 85.8 Å². The van der Waals surface area contributed by atoms with E-state index in [1.54, 1.807) is 12.1 Å². The lowest BCUT2D eigenvalue weighted by Gasteiger charge is -2.57. The summed E-state index contributed by atoms with van der Waals surface area (Å²) in [7, 11) is 0. The molecule has 0 heterocycles. The van der Waals surface area contributed by atoms with Gasteiger partial charge in [-0.25, -0.2) is 4.39 Å². The third-order valence-corrected chi connectivity index (χ3v) is 6.86. The number of rotatable bonds is 3. The van der Waals surface area contributed by atoms with Crippen molar-refractivity contribution in [2.24, 2.45) is 23.2 Å². The molecule has 4 saturated carbocycles. The van der Waals surface area contributed by atoms with Crippen LogP contribution in [0.15, 0.2) is 24.3 Å². The van der Waals surface area contributed by atoms with Crippen molar-refractivity contribution in [3.05, 3.63) is 35.6 Å². The van der Waals surface area contributed by atoms with Crippen LogP contribution in [-0.4, -0.2) is 0 Å². The molecular weight excluding hydrogens is 315 g/mol. The Morgan fingerprint density at radius 1 is 1.00 bits per heavy atom. The average molecular weight is 337 g/mol. The van der Waals surface area contributed by atoms with Gasteiger partial charge in [-0.15, -0.1) is 0 Å². The van der Waals surface area contributed by atoms with Crippen molar-refractivity contribution in [3.63, 3.8) is 0 Å². The highest BCUT2D eigenvalue weighted by molar-refractivity contribution is 9.09. The molecule has 5 rings (SSSR count). The van der Waals surface area contributed by atoms with Crippen LogP contribution in [0, 0.1) is 29.0 Å². The maximum atomic E-state index is 13.1. The molecule has 1 aromatic carbocycles. The summed E-state index contributed by atoms with van der Waals surface area (Å²) < 4.78 is 13.1. The lowest BCUT2D eigenvalue weighted by atomic mass is 9.48. The zero-order valence-electron chi connectivity index (χ0n) is 11.8. The fraction of sp³-hybridized carbons (Fsp3) is 0.667. The van der Waals surface area contributed by atoms with E-state index in [-0.39, 0.29) is 5.82 Å². The Morgan fingerprint density at radius 2 is 1.50 bits per heavy atom. The van der Waals surface area contributed by atoms with Crippen LogP contribution in [0.25, 0.3) is 0 Å². The predicted molar refractivity (Wildman–Crippen MR) is 83.3 cm³/mol. The van der Waals surface area contributed by atoms with E-state index in [2.05, 4.69) is 15.9 Å². The van der Waals surface area contributed by atoms with Gasteiger partial charge in [0, 0.05) is 4.83 Å². The number of hydrogen-bond acceptors (Lipinski definition) is 0. The monoisotopic (exact) mass is 336 g/mol. The van der Waals surface area contributed by atoms with Crippen molar-refractivity contribution in [1.29, 1.82) is 0 Å². The number of alkyl halides is 1. The second-order valence-corrected chi connectivity index (χ2v) is 8.75. The van der Waals surface area contributed by atoms with E-state index in [4.69, 9.17) is 0 Å². The smallest absolute Gasteiger partial charge is 0.123 e. The molecule has 20 heavy (non-hydrogen) atoms. The first-order valence-corrected chi connectivity index (χ1v) is 8.93. The van der Waals surface area contributed by atoms with Crippen molar-refractivity contribution in [2.75, 3.05) is 0 Å². The van der Waals surface area contributed by atoms with Crippen molar-refractivity contribution in [3.8, 4) is 0 Å². The number of hydrogen-bond donors (Lipinski definition) is 0. The summed E-state index contributed by atoms with van der Waals surface area (Å²) in [6.07, 6.45) is 10.1. The molecule has 0 saturated heterocycles. The topological polar surface area (TPSA) is 0 Å². The number of halogens is 2. The fourth-order valence-corrected chi connectivity index (χ4v) is 6.70. The lowest BCUT2D eigenvalue weighted by molar-refractivity contribution is -0.0571. The molecule has 0 amide bonds. The first-order chi connectivity index (χ1) is 9.62. The summed E-state index contributed by atoms with van der Waals surface area (Å²) in [4.78, 5) is 0.388. The van der Waals surface area contributed by atoms with Crippen LogP contribution in [0.3, 0.4) is 0 Å². The van der Waals surface area contributed by atoms with E-state index in [0.29, 0.717) is 10.2 Å². The van der Waals surface area contributed by atoms with Crippen LogP contribution in [-0.2, 0) is 0 Å². The predicted octanol–water partition coefficient (Wildman–Crippen LogP) is 5.87. The summed E-state index contributed by atoms with van der Waals surface area (Å²) >= 11 is 3.88. The zero-order valence-corrected chi connectivity index (χ0v) is 13.4. The maximum absolute atomic E-state index is 13.1. The van der Waals surface area contributed by atoms with E-state index >= 15 is 0 Å². The van der Waals surface area contributed by atoms with E-state index in [0.717, 1.165) is 17.8 Å². The Labute approximate surface area is 129 Å². The molecule has 0 aliphatic heterocycles. The highest BCUT2D eigenvalue weighted by Gasteiger charge is 2.51. The van der Waals surface area contributed by atoms with Crippen LogP contribution in [0.4, 0.5) is 4.39 Å². The van der Waals surface area contributed by atoms with Gasteiger partial charge < -0.3 is 0 Å². The minimum absolute atomic E-state index is 0.136. The third kappa shape index (κ3) is 2.34. The standard InChI is InChI=1S/C18H22BrF/c19-17(15-1-3-16(20)4-2-15)11-18-8-12-5-13(9-18)7-14(6-12)10-18/h1-4,12-14,17H,5-11H2. The van der Waals surface area contributed by atoms with Gasteiger partial charge in [-0.2, -0.15) is 0 Å². The molecule has 0 radical (unpaired) electrons. The molecule has 1 unspecified atom stereocenters. The summed E-state index contributed by atoms with van der Waals surface area (Å²) in [5.74, 6) is 2.89. The summed E-state index contributed by atoms with van der Waals surface area (Å²) in [5, 5.41) is 0. The Hall–Kier alpha value is -0.370. The van der Waals surface area contributed by atoms with Crippen molar-refractivity contribution < 1.29 is 4.39 Å². The average Bonchev–Trinajstić information content (AvgIpc) is 2.37. The van der Waals surface area contributed by atoms with E-state index in [1.807, 2.05) is 12.1 Å². The molecule has 108 valence electrons. The number of benzene rings is 1. The third-order valence-electron chi connectivity index (χ3n) is 6.01. The van der Waals surface area contributed by atoms with Gasteiger partial charge in [0.15, 0.2) is 0 Å². The molecule has 4 aliphatic carbocycles. The summed E-state index contributed by atoms with van der Waals surface area (Å²) in [6.45, 7) is 0. The van der Waals surface area contributed by atoms with Gasteiger partial charge in [0.05, 0.1) is 0 Å². The zero-order chi connectivity index (χ0) is 13.7. The van der Waals surface area contributed by atoms with Crippen molar-refractivity contribution in [2.45, 2.75) is 49.8 Å². The summed E-state index contributed by atoms with van der Waals surface area (Å²) in [5.41, 5.74) is 1.82. The van der Waals surface area contributed by atoms with Gasteiger partial charge in [-0.1, -0.05) is 28.1 Å². The van der Waals surface area contributed by atoms with Crippen LogP contribution in [0.1, 0.15) is 55.3 Å². The molecule has 2 heteroatoms. The van der Waals surface area contributed by atoms with Crippen LogP contribution in [0.5, 0.6) is 0 Å². The van der Waals surface area contributed by atoms with Crippen molar-refractivity contribution >= 4 is 15.9 Å². The van der Waals surface area contributed by atoms with Crippen molar-refractivity contribution in [1.82, 2.24) is 0 Å². The Bertz CT molecular complexity index is 457. The first kappa shape index (κ1) is 13.3. The maximum Gasteiger partial charge on any atom is 0.123 e. The quantitative estimate of drug-likeness (QED) is 0.605. The first-order valence-electron chi connectivity index (χ1n) is 8.01. The van der Waals surface area contributed by atoms with E-state index in [1.165, 1.54) is 50.5 Å². The SMILES string of the molecule is Fc1ccc(C(Br)CC23CC4CC(CC(C4)C2)C3)cc1. The lowest BCUT2D eigenvalue weighted by Crippen LogP contribution is -2.46. The highest BCUT2D eigenvalue weighted by Crippen LogP contribution is 2.63. The second kappa shape index (κ2) is 4.83. The minimum atomic E-state index is -0.136.